The molecule has 3 rings (SSSR count). The number of esters is 2. The number of hydrogen-bond donors (Lipinski definition) is 1. The number of ether oxygens (including phenoxy) is 5. The molecule has 0 saturated carbocycles. The standard InChI is InChI=1S/C26H26N2O7/c1-4-32-26(30)22-16(2)35-24(28)21(15-27)23(22)17-5-9-19(10-6-17)33-13-14-34-20-11-7-18(8-12-20)25(29)31-3/h5-12,23H,4,13-14,28H2,1-3H3. The topological polar surface area (TPSA) is 130 Å². The molecular formula is C26H26N2O7. The van der Waals surface area contributed by atoms with E-state index in [0.717, 1.165) is 0 Å². The monoisotopic (exact) mass is 478 g/mol. The second-order valence-corrected chi connectivity index (χ2v) is 7.40. The lowest BCUT2D eigenvalue weighted by Gasteiger charge is -2.26. The maximum atomic E-state index is 12.6. The van der Waals surface area contributed by atoms with E-state index >= 15 is 0 Å². The molecule has 9 heteroatoms. The van der Waals surface area contributed by atoms with Gasteiger partial charge in [-0.2, -0.15) is 5.26 Å². The zero-order chi connectivity index (χ0) is 25.4. The third-order valence-electron chi connectivity index (χ3n) is 5.21. The van der Waals surface area contributed by atoms with Crippen molar-refractivity contribution in [1.29, 1.82) is 5.26 Å². The molecule has 2 aromatic carbocycles. The van der Waals surface area contributed by atoms with Crippen molar-refractivity contribution in [3.05, 3.63) is 82.4 Å². The van der Waals surface area contributed by atoms with Crippen LogP contribution in [0.3, 0.4) is 0 Å². The maximum absolute atomic E-state index is 12.6. The van der Waals surface area contributed by atoms with Gasteiger partial charge in [0, 0.05) is 0 Å². The van der Waals surface area contributed by atoms with Crippen molar-refractivity contribution in [2.75, 3.05) is 26.9 Å². The largest absolute Gasteiger partial charge is 0.490 e. The summed E-state index contributed by atoms with van der Waals surface area (Å²) in [6.07, 6.45) is 0. The van der Waals surface area contributed by atoms with E-state index in [1.54, 1.807) is 62.4 Å². The van der Waals surface area contributed by atoms with Crippen LogP contribution in [0.25, 0.3) is 0 Å². The fourth-order valence-corrected chi connectivity index (χ4v) is 3.57. The van der Waals surface area contributed by atoms with Crippen molar-refractivity contribution in [3.63, 3.8) is 0 Å². The summed E-state index contributed by atoms with van der Waals surface area (Å²) in [6.45, 7) is 4.06. The highest BCUT2D eigenvalue weighted by Crippen LogP contribution is 2.39. The smallest absolute Gasteiger partial charge is 0.338 e. The van der Waals surface area contributed by atoms with Crippen LogP contribution >= 0.6 is 0 Å². The van der Waals surface area contributed by atoms with E-state index in [1.807, 2.05) is 6.07 Å². The van der Waals surface area contributed by atoms with Gasteiger partial charge in [0.15, 0.2) is 0 Å². The van der Waals surface area contributed by atoms with Crippen LogP contribution in [-0.4, -0.2) is 38.9 Å². The first kappa shape index (κ1) is 25.2. The molecule has 0 aromatic heterocycles. The Kier molecular flexibility index (Phi) is 8.35. The highest BCUT2D eigenvalue weighted by molar-refractivity contribution is 5.92. The van der Waals surface area contributed by atoms with Crippen LogP contribution in [0.2, 0.25) is 0 Å². The third-order valence-corrected chi connectivity index (χ3v) is 5.21. The molecule has 1 aliphatic heterocycles. The van der Waals surface area contributed by atoms with E-state index in [-0.39, 0.29) is 36.8 Å². The molecule has 0 radical (unpaired) electrons. The van der Waals surface area contributed by atoms with Crippen LogP contribution in [0.15, 0.2) is 71.3 Å². The molecule has 1 atom stereocenters. The third kappa shape index (κ3) is 5.92. The van der Waals surface area contributed by atoms with E-state index in [9.17, 15) is 14.9 Å². The van der Waals surface area contributed by atoms with Gasteiger partial charge in [0.1, 0.15) is 42.1 Å². The fourth-order valence-electron chi connectivity index (χ4n) is 3.57. The Morgan fingerprint density at radius 2 is 1.57 bits per heavy atom. The Bertz CT molecular complexity index is 1180. The second kappa shape index (κ2) is 11.6. The molecule has 2 N–H and O–H groups in total. The van der Waals surface area contributed by atoms with Crippen molar-refractivity contribution in [2.24, 2.45) is 5.73 Å². The minimum absolute atomic E-state index is 0.0415. The summed E-state index contributed by atoms with van der Waals surface area (Å²) in [5.41, 5.74) is 7.40. The number of allylic oxidation sites excluding steroid dienone is 2. The van der Waals surface area contributed by atoms with Crippen LogP contribution in [-0.2, 0) is 19.0 Å². The number of carbonyl (C=O) groups excluding carboxylic acids is 2. The predicted octanol–water partition coefficient (Wildman–Crippen LogP) is 3.58. The van der Waals surface area contributed by atoms with Gasteiger partial charge in [-0.1, -0.05) is 12.1 Å². The van der Waals surface area contributed by atoms with Crippen LogP contribution < -0.4 is 15.2 Å². The molecule has 2 aromatic rings. The van der Waals surface area contributed by atoms with Gasteiger partial charge in [0.2, 0.25) is 5.88 Å². The fraction of sp³-hybridized carbons (Fsp3) is 0.269. The number of nitriles is 1. The number of hydrogen-bond acceptors (Lipinski definition) is 9. The molecule has 0 amide bonds. The van der Waals surface area contributed by atoms with Crippen LogP contribution in [0.5, 0.6) is 11.5 Å². The van der Waals surface area contributed by atoms with E-state index in [2.05, 4.69) is 4.74 Å². The number of nitrogens with zero attached hydrogens (tertiary/aromatic N) is 1. The van der Waals surface area contributed by atoms with Gasteiger partial charge in [0.25, 0.3) is 0 Å². The predicted molar refractivity (Wildman–Crippen MR) is 125 cm³/mol. The Morgan fingerprint density at radius 3 is 2.09 bits per heavy atom. The summed E-state index contributed by atoms with van der Waals surface area (Å²) in [7, 11) is 1.33. The molecule has 1 unspecified atom stereocenters. The summed E-state index contributed by atoms with van der Waals surface area (Å²) >= 11 is 0. The minimum atomic E-state index is -0.710. The van der Waals surface area contributed by atoms with Crippen molar-refractivity contribution in [3.8, 4) is 17.6 Å². The van der Waals surface area contributed by atoms with E-state index in [0.29, 0.717) is 28.4 Å². The first-order valence-corrected chi connectivity index (χ1v) is 10.9. The molecule has 35 heavy (non-hydrogen) atoms. The lowest BCUT2D eigenvalue weighted by molar-refractivity contribution is -0.139. The average molecular weight is 479 g/mol. The molecular weight excluding hydrogens is 452 g/mol. The number of methoxy groups -OCH3 is 1. The highest BCUT2D eigenvalue weighted by Gasteiger charge is 2.36. The lowest BCUT2D eigenvalue weighted by atomic mass is 9.83. The lowest BCUT2D eigenvalue weighted by Crippen LogP contribution is -2.25. The number of benzene rings is 2. The maximum Gasteiger partial charge on any atom is 0.338 e. The quantitative estimate of drug-likeness (QED) is 0.424. The van der Waals surface area contributed by atoms with Gasteiger partial charge in [-0.15, -0.1) is 0 Å². The number of nitrogens with two attached hydrogens (primary N) is 1. The van der Waals surface area contributed by atoms with E-state index in [4.69, 9.17) is 24.7 Å². The van der Waals surface area contributed by atoms with Gasteiger partial charge in [0.05, 0.1) is 30.8 Å². The van der Waals surface area contributed by atoms with Crippen molar-refractivity contribution in [2.45, 2.75) is 19.8 Å². The molecule has 1 heterocycles. The number of carbonyl (C=O) groups is 2. The molecule has 1 aliphatic rings. The molecule has 0 bridgehead atoms. The Labute approximate surface area is 203 Å². The second-order valence-electron chi connectivity index (χ2n) is 7.40. The Balaban J connectivity index is 1.65. The van der Waals surface area contributed by atoms with Crippen LogP contribution in [0, 0.1) is 11.3 Å². The van der Waals surface area contributed by atoms with Gasteiger partial charge < -0.3 is 29.4 Å². The van der Waals surface area contributed by atoms with Gasteiger partial charge >= 0.3 is 11.9 Å². The minimum Gasteiger partial charge on any atom is -0.490 e. The Hall–Kier alpha value is -4.45. The van der Waals surface area contributed by atoms with Crippen molar-refractivity contribution >= 4 is 11.9 Å². The summed E-state index contributed by atoms with van der Waals surface area (Å²) in [5, 5.41) is 9.65. The molecule has 9 nitrogen and oxygen atoms in total. The zero-order valence-electron chi connectivity index (χ0n) is 19.7. The van der Waals surface area contributed by atoms with Gasteiger partial charge in [-0.25, -0.2) is 9.59 Å². The number of rotatable bonds is 9. The molecule has 0 saturated heterocycles. The van der Waals surface area contributed by atoms with E-state index in [1.165, 1.54) is 7.11 Å². The van der Waals surface area contributed by atoms with Crippen molar-refractivity contribution in [1.82, 2.24) is 0 Å². The Morgan fingerprint density at radius 1 is 1.00 bits per heavy atom. The summed E-state index contributed by atoms with van der Waals surface area (Å²) < 4.78 is 26.6. The van der Waals surface area contributed by atoms with Crippen LogP contribution in [0.1, 0.15) is 35.7 Å². The van der Waals surface area contributed by atoms with Gasteiger partial charge in [-0.05, 0) is 55.8 Å². The highest BCUT2D eigenvalue weighted by atomic mass is 16.5. The SMILES string of the molecule is CCOC(=O)C1=C(C)OC(N)=C(C#N)C1c1ccc(OCCOc2ccc(C(=O)OC)cc2)cc1. The summed E-state index contributed by atoms with van der Waals surface area (Å²) in [5.74, 6) is -0.255. The first-order valence-electron chi connectivity index (χ1n) is 10.9. The van der Waals surface area contributed by atoms with Crippen molar-refractivity contribution < 1.29 is 33.3 Å². The van der Waals surface area contributed by atoms with Crippen LogP contribution in [0.4, 0.5) is 0 Å². The molecule has 182 valence electrons. The summed E-state index contributed by atoms with van der Waals surface area (Å²) in [4.78, 5) is 24.1. The zero-order valence-corrected chi connectivity index (χ0v) is 19.7. The normalized spacial score (nSPS) is 15.1. The van der Waals surface area contributed by atoms with Gasteiger partial charge in [-0.3, -0.25) is 0 Å². The van der Waals surface area contributed by atoms with E-state index < -0.39 is 17.9 Å². The first-order chi connectivity index (χ1) is 16.9. The summed E-state index contributed by atoms with van der Waals surface area (Å²) in [6, 6.07) is 15.6. The average Bonchev–Trinajstić information content (AvgIpc) is 2.86. The molecule has 0 fully saturated rings. The molecule has 0 spiro atoms. The molecule has 0 aliphatic carbocycles.